The van der Waals surface area contributed by atoms with Gasteiger partial charge in [-0.2, -0.15) is 0 Å². The van der Waals surface area contributed by atoms with E-state index < -0.39 is 28.5 Å². The number of benzene rings is 1. The van der Waals surface area contributed by atoms with E-state index >= 15 is 0 Å². The Morgan fingerprint density at radius 3 is 2.48 bits per heavy atom. The highest BCUT2D eigenvalue weighted by molar-refractivity contribution is 8.00. The molecular formula is C18H22N4O7S2. The van der Waals surface area contributed by atoms with Crippen molar-refractivity contribution in [2.45, 2.75) is 18.2 Å². The van der Waals surface area contributed by atoms with Crippen molar-refractivity contribution in [1.29, 1.82) is 0 Å². The number of thioether (sulfide) groups is 1. The van der Waals surface area contributed by atoms with E-state index in [1.165, 1.54) is 12.1 Å². The number of carbonyl (C=O) groups is 3. The lowest BCUT2D eigenvalue weighted by atomic mass is 10.1. The van der Waals surface area contributed by atoms with Gasteiger partial charge in [-0.25, -0.2) is 13.6 Å². The van der Waals surface area contributed by atoms with E-state index in [2.05, 4.69) is 15.8 Å². The standard InChI is InChI=1S/C18H22N4O7S2/c1-12-8-15(22-29-12)21-17(24)10-30-11-18(25)28-9-16(23)20-7-6-13-2-4-14(5-3-13)31(19,26)27/h2-5,8H,6-7,9-11H2,1H3,(H,20,23)(H2,19,26,27)(H,21,22,24). The molecule has 13 heteroatoms. The summed E-state index contributed by atoms with van der Waals surface area (Å²) >= 11 is 1.04. The third-order valence-electron chi connectivity index (χ3n) is 3.70. The minimum absolute atomic E-state index is 0.00999. The number of amides is 2. The first-order chi connectivity index (χ1) is 14.6. The van der Waals surface area contributed by atoms with E-state index in [0.29, 0.717) is 18.0 Å². The van der Waals surface area contributed by atoms with Crippen LogP contribution in [0.5, 0.6) is 0 Å². The Kier molecular flexibility index (Phi) is 9.03. The predicted molar refractivity (Wildman–Crippen MR) is 113 cm³/mol. The highest BCUT2D eigenvalue weighted by atomic mass is 32.2. The number of rotatable bonds is 11. The van der Waals surface area contributed by atoms with Crippen LogP contribution >= 0.6 is 11.8 Å². The zero-order valence-corrected chi connectivity index (χ0v) is 18.3. The number of esters is 1. The van der Waals surface area contributed by atoms with Crippen molar-refractivity contribution < 1.29 is 32.1 Å². The molecule has 0 fully saturated rings. The zero-order chi connectivity index (χ0) is 22.9. The minimum Gasteiger partial charge on any atom is -0.455 e. The van der Waals surface area contributed by atoms with E-state index in [4.69, 9.17) is 14.4 Å². The summed E-state index contributed by atoms with van der Waals surface area (Å²) in [5.41, 5.74) is 0.806. The van der Waals surface area contributed by atoms with Crippen LogP contribution < -0.4 is 15.8 Å². The van der Waals surface area contributed by atoms with Crippen LogP contribution in [0.3, 0.4) is 0 Å². The molecule has 0 bridgehead atoms. The first-order valence-electron chi connectivity index (χ1n) is 8.98. The highest BCUT2D eigenvalue weighted by Gasteiger charge is 2.11. The van der Waals surface area contributed by atoms with Gasteiger partial charge >= 0.3 is 5.97 Å². The van der Waals surface area contributed by atoms with Crippen molar-refractivity contribution in [1.82, 2.24) is 10.5 Å². The number of sulfonamides is 1. The van der Waals surface area contributed by atoms with E-state index in [0.717, 1.165) is 17.3 Å². The molecule has 0 aliphatic rings. The molecule has 0 aliphatic carbocycles. The largest absolute Gasteiger partial charge is 0.455 e. The molecule has 11 nitrogen and oxygen atoms in total. The summed E-state index contributed by atoms with van der Waals surface area (Å²) in [6.45, 7) is 1.53. The highest BCUT2D eigenvalue weighted by Crippen LogP contribution is 2.10. The Labute approximate surface area is 183 Å². The summed E-state index contributed by atoms with van der Waals surface area (Å²) in [6, 6.07) is 7.54. The molecule has 2 rings (SSSR count). The van der Waals surface area contributed by atoms with E-state index in [-0.39, 0.29) is 28.9 Å². The fraction of sp³-hybridized carbons (Fsp3) is 0.333. The van der Waals surface area contributed by atoms with Crippen LogP contribution in [0.1, 0.15) is 11.3 Å². The molecule has 0 saturated carbocycles. The van der Waals surface area contributed by atoms with Crippen molar-refractivity contribution in [3.8, 4) is 0 Å². The summed E-state index contributed by atoms with van der Waals surface area (Å²) in [4.78, 5) is 35.1. The predicted octanol–water partition coefficient (Wildman–Crippen LogP) is 0.204. The van der Waals surface area contributed by atoms with Gasteiger partial charge in [-0.3, -0.25) is 14.4 Å². The SMILES string of the molecule is Cc1cc(NC(=O)CSCC(=O)OCC(=O)NCCc2ccc(S(N)(=O)=O)cc2)no1. The first kappa shape index (κ1) is 24.4. The molecule has 0 radical (unpaired) electrons. The first-order valence-corrected chi connectivity index (χ1v) is 11.7. The second-order valence-corrected chi connectivity index (χ2v) is 8.86. The van der Waals surface area contributed by atoms with E-state index in [1.807, 2.05) is 0 Å². The van der Waals surface area contributed by atoms with E-state index in [9.17, 15) is 22.8 Å². The van der Waals surface area contributed by atoms with Gasteiger partial charge in [0.25, 0.3) is 5.91 Å². The van der Waals surface area contributed by atoms with Crippen molar-refractivity contribution in [2.24, 2.45) is 5.14 Å². The van der Waals surface area contributed by atoms with Gasteiger partial charge in [0.15, 0.2) is 12.4 Å². The molecule has 31 heavy (non-hydrogen) atoms. The quantitative estimate of drug-likeness (QED) is 0.388. The third kappa shape index (κ3) is 9.19. The molecule has 2 aromatic rings. The molecule has 0 aliphatic heterocycles. The van der Waals surface area contributed by atoms with Gasteiger partial charge in [-0.1, -0.05) is 17.3 Å². The maximum atomic E-state index is 11.7. The number of ether oxygens (including phenoxy) is 1. The molecule has 0 unspecified atom stereocenters. The number of hydrogen-bond acceptors (Lipinski definition) is 9. The van der Waals surface area contributed by atoms with Gasteiger partial charge in [0, 0.05) is 12.6 Å². The molecule has 4 N–H and O–H groups in total. The number of aryl methyl sites for hydroxylation is 1. The Balaban J connectivity index is 1.57. The Bertz CT molecular complexity index is 1020. The topological polar surface area (TPSA) is 171 Å². The second kappa shape index (κ2) is 11.5. The second-order valence-electron chi connectivity index (χ2n) is 6.31. The summed E-state index contributed by atoms with van der Waals surface area (Å²) in [7, 11) is -3.74. The number of anilines is 1. The fourth-order valence-corrected chi connectivity index (χ4v) is 3.39. The molecular weight excluding hydrogens is 448 g/mol. The Hall–Kier alpha value is -2.90. The fourth-order valence-electron chi connectivity index (χ4n) is 2.26. The van der Waals surface area contributed by atoms with Gasteiger partial charge in [0.05, 0.1) is 16.4 Å². The third-order valence-corrected chi connectivity index (χ3v) is 5.54. The van der Waals surface area contributed by atoms with Gasteiger partial charge in [-0.15, -0.1) is 11.8 Å². The maximum absolute atomic E-state index is 11.7. The Morgan fingerprint density at radius 2 is 1.87 bits per heavy atom. The zero-order valence-electron chi connectivity index (χ0n) is 16.6. The van der Waals surface area contributed by atoms with Gasteiger partial charge in [0.1, 0.15) is 5.76 Å². The number of hydrogen-bond donors (Lipinski definition) is 3. The lowest BCUT2D eigenvalue weighted by Gasteiger charge is -2.07. The molecule has 1 heterocycles. The van der Waals surface area contributed by atoms with Crippen molar-refractivity contribution >= 4 is 45.4 Å². The van der Waals surface area contributed by atoms with Crippen LogP contribution in [-0.4, -0.2) is 56.0 Å². The van der Waals surface area contributed by atoms with Crippen LogP contribution in [0.15, 0.2) is 39.8 Å². The summed E-state index contributed by atoms with van der Waals surface area (Å²) in [6.07, 6.45) is 0.459. The molecule has 168 valence electrons. The average molecular weight is 471 g/mol. The van der Waals surface area contributed by atoms with Crippen molar-refractivity contribution in [2.75, 3.05) is 30.0 Å². The number of carbonyl (C=O) groups excluding carboxylic acids is 3. The maximum Gasteiger partial charge on any atom is 0.316 e. The van der Waals surface area contributed by atoms with Crippen LogP contribution in [0.2, 0.25) is 0 Å². The van der Waals surface area contributed by atoms with Crippen molar-refractivity contribution in [3.05, 3.63) is 41.7 Å². The molecule has 0 saturated heterocycles. The van der Waals surface area contributed by atoms with Gasteiger partial charge < -0.3 is 19.9 Å². The molecule has 0 atom stereocenters. The monoisotopic (exact) mass is 470 g/mol. The van der Waals surface area contributed by atoms with Gasteiger partial charge in [-0.05, 0) is 31.0 Å². The minimum atomic E-state index is -3.74. The molecule has 1 aromatic carbocycles. The van der Waals surface area contributed by atoms with Crippen LogP contribution in [0.4, 0.5) is 5.82 Å². The summed E-state index contributed by atoms with van der Waals surface area (Å²) < 4.78 is 32.1. The smallest absolute Gasteiger partial charge is 0.316 e. The normalized spacial score (nSPS) is 11.0. The number of nitrogens with zero attached hydrogens (tertiary/aromatic N) is 1. The molecule has 1 aromatic heterocycles. The van der Waals surface area contributed by atoms with Crippen LogP contribution in [0.25, 0.3) is 0 Å². The van der Waals surface area contributed by atoms with Crippen molar-refractivity contribution in [3.63, 3.8) is 0 Å². The lowest BCUT2D eigenvalue weighted by Crippen LogP contribution is -2.30. The average Bonchev–Trinajstić information content (AvgIpc) is 3.10. The van der Waals surface area contributed by atoms with Crippen LogP contribution in [-0.2, 0) is 35.6 Å². The number of primary sulfonamides is 1. The van der Waals surface area contributed by atoms with Gasteiger partial charge in [0.2, 0.25) is 15.9 Å². The number of nitrogens with one attached hydrogen (secondary N) is 2. The summed E-state index contributed by atoms with van der Waals surface area (Å²) in [5, 5.41) is 13.8. The van der Waals surface area contributed by atoms with Crippen LogP contribution in [0, 0.1) is 6.92 Å². The number of nitrogens with two attached hydrogens (primary N) is 1. The molecule has 0 spiro atoms. The molecule has 2 amide bonds. The summed E-state index contributed by atoms with van der Waals surface area (Å²) in [5.74, 6) is -0.664. The number of aromatic nitrogens is 1. The lowest BCUT2D eigenvalue weighted by molar-refractivity contribution is -0.145. The van der Waals surface area contributed by atoms with E-state index in [1.54, 1.807) is 25.1 Å². The Morgan fingerprint density at radius 1 is 1.16 bits per heavy atom.